The molecular weight excluding hydrogens is 240 g/mol. The van der Waals surface area contributed by atoms with Gasteiger partial charge in [-0.15, -0.1) is 0 Å². The SMILES string of the molecule is CC12CCC3(OCCO3)C(C)(C)C1(C)CCCC2=O. The average Bonchev–Trinajstić information content (AvgIpc) is 2.82. The van der Waals surface area contributed by atoms with Crippen molar-refractivity contribution in [3.05, 3.63) is 0 Å². The topological polar surface area (TPSA) is 35.5 Å². The third-order valence-electron chi connectivity index (χ3n) is 6.95. The van der Waals surface area contributed by atoms with Crippen molar-refractivity contribution >= 4 is 5.78 Å². The Morgan fingerprint density at radius 3 is 2.21 bits per heavy atom. The molecule has 0 amide bonds. The van der Waals surface area contributed by atoms with E-state index in [1.54, 1.807) is 0 Å². The van der Waals surface area contributed by atoms with E-state index in [2.05, 4.69) is 27.7 Å². The van der Waals surface area contributed by atoms with E-state index in [0.29, 0.717) is 19.0 Å². The second kappa shape index (κ2) is 3.82. The molecule has 3 fully saturated rings. The number of ether oxygens (including phenoxy) is 2. The average molecular weight is 266 g/mol. The smallest absolute Gasteiger partial charge is 0.174 e. The molecule has 0 aromatic carbocycles. The molecule has 2 saturated carbocycles. The highest BCUT2D eigenvalue weighted by molar-refractivity contribution is 5.86. The van der Waals surface area contributed by atoms with Gasteiger partial charge in [0.15, 0.2) is 5.79 Å². The van der Waals surface area contributed by atoms with E-state index in [0.717, 1.165) is 32.1 Å². The summed E-state index contributed by atoms with van der Waals surface area (Å²) in [5, 5.41) is 0. The molecule has 0 bridgehead atoms. The number of carbonyl (C=O) groups excluding carboxylic acids is 1. The summed E-state index contributed by atoms with van der Waals surface area (Å²) in [6, 6.07) is 0. The molecule has 3 rings (SSSR count). The number of fused-ring (bicyclic) bond motifs is 1. The summed E-state index contributed by atoms with van der Waals surface area (Å²) in [6.45, 7) is 10.3. The van der Waals surface area contributed by atoms with Gasteiger partial charge < -0.3 is 9.47 Å². The minimum atomic E-state index is -0.473. The molecule has 1 aliphatic heterocycles. The van der Waals surface area contributed by atoms with Gasteiger partial charge in [0, 0.05) is 23.7 Å². The molecule has 1 spiro atoms. The lowest BCUT2D eigenvalue weighted by Gasteiger charge is -2.65. The molecule has 0 radical (unpaired) electrons. The number of ketones is 1. The van der Waals surface area contributed by atoms with Crippen LogP contribution < -0.4 is 0 Å². The van der Waals surface area contributed by atoms with Crippen molar-refractivity contribution in [2.75, 3.05) is 13.2 Å². The van der Waals surface area contributed by atoms with Crippen LogP contribution in [-0.4, -0.2) is 24.8 Å². The van der Waals surface area contributed by atoms with Crippen LogP contribution in [0.5, 0.6) is 0 Å². The van der Waals surface area contributed by atoms with E-state index in [1.807, 2.05) is 0 Å². The fourth-order valence-electron chi connectivity index (χ4n) is 4.99. The fraction of sp³-hybridized carbons (Fsp3) is 0.938. The van der Waals surface area contributed by atoms with E-state index in [1.165, 1.54) is 0 Å². The Hall–Kier alpha value is -0.410. The number of Topliss-reactive ketones (excluding diaryl/α,β-unsaturated/α-hetero) is 1. The maximum Gasteiger partial charge on any atom is 0.174 e. The Balaban J connectivity index is 2.09. The molecule has 3 heteroatoms. The van der Waals surface area contributed by atoms with Crippen LogP contribution in [-0.2, 0) is 14.3 Å². The molecule has 3 aliphatic rings. The first kappa shape index (κ1) is 13.6. The van der Waals surface area contributed by atoms with E-state index in [-0.39, 0.29) is 16.2 Å². The van der Waals surface area contributed by atoms with E-state index in [9.17, 15) is 4.79 Å². The van der Waals surface area contributed by atoms with Crippen LogP contribution in [0.1, 0.15) is 59.8 Å². The zero-order chi connectivity index (χ0) is 13.9. The van der Waals surface area contributed by atoms with Crippen molar-refractivity contribution < 1.29 is 14.3 Å². The number of hydrogen-bond acceptors (Lipinski definition) is 3. The first-order valence-corrected chi connectivity index (χ1v) is 7.60. The molecular formula is C16H26O3. The minimum absolute atomic E-state index is 0.0437. The Labute approximate surface area is 116 Å². The first-order valence-electron chi connectivity index (χ1n) is 7.60. The van der Waals surface area contributed by atoms with Gasteiger partial charge in [-0.05, 0) is 24.7 Å². The predicted octanol–water partition coefficient (Wildman–Crippen LogP) is 3.32. The molecule has 0 aromatic heterocycles. The third-order valence-corrected chi connectivity index (χ3v) is 6.95. The molecule has 19 heavy (non-hydrogen) atoms. The van der Waals surface area contributed by atoms with Crippen LogP contribution in [0.4, 0.5) is 0 Å². The molecule has 0 N–H and O–H groups in total. The maximum atomic E-state index is 12.6. The lowest BCUT2D eigenvalue weighted by molar-refractivity contribution is -0.309. The van der Waals surface area contributed by atoms with Gasteiger partial charge in [-0.1, -0.05) is 27.7 Å². The molecule has 2 aliphatic carbocycles. The highest BCUT2D eigenvalue weighted by Crippen LogP contribution is 2.69. The van der Waals surface area contributed by atoms with E-state index in [4.69, 9.17) is 9.47 Å². The lowest BCUT2D eigenvalue weighted by atomic mass is 9.41. The Bertz CT molecular complexity index is 408. The normalized spacial score (nSPS) is 44.3. The van der Waals surface area contributed by atoms with Crippen molar-refractivity contribution in [1.29, 1.82) is 0 Å². The minimum Gasteiger partial charge on any atom is -0.347 e. The Kier molecular flexibility index (Phi) is 2.73. The van der Waals surface area contributed by atoms with Gasteiger partial charge in [0.05, 0.1) is 13.2 Å². The van der Waals surface area contributed by atoms with Gasteiger partial charge >= 0.3 is 0 Å². The molecule has 108 valence electrons. The number of hydrogen-bond donors (Lipinski definition) is 0. The summed E-state index contributed by atoms with van der Waals surface area (Å²) in [5.74, 6) is -0.0269. The highest BCUT2D eigenvalue weighted by Gasteiger charge is 2.70. The summed E-state index contributed by atoms with van der Waals surface area (Å²) in [5.41, 5.74) is -0.396. The van der Waals surface area contributed by atoms with E-state index < -0.39 is 5.79 Å². The largest absolute Gasteiger partial charge is 0.347 e. The van der Waals surface area contributed by atoms with Crippen molar-refractivity contribution in [2.24, 2.45) is 16.2 Å². The van der Waals surface area contributed by atoms with Crippen LogP contribution in [0.25, 0.3) is 0 Å². The molecule has 2 atom stereocenters. The van der Waals surface area contributed by atoms with Gasteiger partial charge in [0.25, 0.3) is 0 Å². The Morgan fingerprint density at radius 2 is 1.58 bits per heavy atom. The van der Waals surface area contributed by atoms with Gasteiger partial charge in [-0.3, -0.25) is 4.79 Å². The van der Waals surface area contributed by atoms with Crippen LogP contribution in [0.2, 0.25) is 0 Å². The van der Waals surface area contributed by atoms with Gasteiger partial charge in [0.1, 0.15) is 5.78 Å². The van der Waals surface area contributed by atoms with E-state index >= 15 is 0 Å². The van der Waals surface area contributed by atoms with Crippen LogP contribution in [0.15, 0.2) is 0 Å². The summed E-state index contributed by atoms with van der Waals surface area (Å²) in [4.78, 5) is 12.6. The van der Waals surface area contributed by atoms with Crippen LogP contribution in [0, 0.1) is 16.2 Å². The highest BCUT2D eigenvalue weighted by atomic mass is 16.7. The van der Waals surface area contributed by atoms with Crippen LogP contribution >= 0.6 is 0 Å². The fourth-order valence-corrected chi connectivity index (χ4v) is 4.99. The molecule has 1 saturated heterocycles. The number of rotatable bonds is 0. The van der Waals surface area contributed by atoms with Gasteiger partial charge in [-0.25, -0.2) is 0 Å². The summed E-state index contributed by atoms with van der Waals surface area (Å²) < 4.78 is 12.1. The quantitative estimate of drug-likeness (QED) is 0.674. The summed E-state index contributed by atoms with van der Waals surface area (Å²) >= 11 is 0. The molecule has 3 nitrogen and oxygen atoms in total. The van der Waals surface area contributed by atoms with Crippen molar-refractivity contribution in [3.8, 4) is 0 Å². The van der Waals surface area contributed by atoms with Crippen LogP contribution in [0.3, 0.4) is 0 Å². The first-order chi connectivity index (χ1) is 8.79. The monoisotopic (exact) mass is 266 g/mol. The zero-order valence-electron chi connectivity index (χ0n) is 12.7. The second-order valence-corrected chi connectivity index (χ2v) is 7.52. The second-order valence-electron chi connectivity index (χ2n) is 7.52. The van der Waals surface area contributed by atoms with Crippen molar-refractivity contribution in [2.45, 2.75) is 65.6 Å². The maximum absolute atomic E-state index is 12.6. The van der Waals surface area contributed by atoms with Crippen molar-refractivity contribution in [1.82, 2.24) is 0 Å². The number of carbonyl (C=O) groups is 1. The standard InChI is InChI=1S/C16H26O3/c1-13(2)15(4)7-5-6-12(17)14(15,3)8-9-16(13)18-10-11-19-16/h5-11H2,1-4H3. The zero-order valence-corrected chi connectivity index (χ0v) is 12.7. The van der Waals surface area contributed by atoms with Gasteiger partial charge in [-0.2, -0.15) is 0 Å². The summed E-state index contributed by atoms with van der Waals surface area (Å²) in [7, 11) is 0. The van der Waals surface area contributed by atoms with Gasteiger partial charge in [0.2, 0.25) is 0 Å². The summed E-state index contributed by atoms with van der Waals surface area (Å²) in [6.07, 6.45) is 4.58. The third kappa shape index (κ3) is 1.38. The predicted molar refractivity (Wildman–Crippen MR) is 72.7 cm³/mol. The molecule has 1 heterocycles. The van der Waals surface area contributed by atoms with Crippen molar-refractivity contribution in [3.63, 3.8) is 0 Å². The molecule has 2 unspecified atom stereocenters. The lowest BCUT2D eigenvalue weighted by Crippen LogP contribution is -2.67. The molecule has 0 aromatic rings. The Morgan fingerprint density at radius 1 is 0.947 bits per heavy atom.